The van der Waals surface area contributed by atoms with Crippen LogP contribution < -0.4 is 5.32 Å². The van der Waals surface area contributed by atoms with E-state index in [1.54, 1.807) is 4.90 Å². The largest absolute Gasteiger partial charge is 0.328 e. The molecule has 8 heteroatoms. The van der Waals surface area contributed by atoms with Crippen LogP contribution in [0.4, 0.5) is 10.3 Å². The Balaban J connectivity index is 1.39. The summed E-state index contributed by atoms with van der Waals surface area (Å²) < 4.78 is 13.9. The van der Waals surface area contributed by atoms with Gasteiger partial charge in [0.15, 0.2) is 5.82 Å². The molecular formula is C19H16BrFN4O2. The van der Waals surface area contributed by atoms with Crippen molar-refractivity contribution in [1.82, 2.24) is 14.9 Å². The Labute approximate surface area is 163 Å². The molecule has 2 spiro atoms. The Hall–Kier alpha value is -2.35. The van der Waals surface area contributed by atoms with Crippen LogP contribution >= 0.6 is 15.9 Å². The van der Waals surface area contributed by atoms with Crippen molar-refractivity contribution in [3.8, 4) is 0 Å². The van der Waals surface area contributed by atoms with Gasteiger partial charge >= 0.3 is 0 Å². The number of benzene rings is 1. The summed E-state index contributed by atoms with van der Waals surface area (Å²) in [6, 6.07) is 5.76. The molecule has 3 aliphatic rings. The highest BCUT2D eigenvalue weighted by Gasteiger charge is 2.76. The molecule has 2 aromatic rings. The van der Waals surface area contributed by atoms with Crippen molar-refractivity contribution >= 4 is 33.7 Å². The molecule has 0 saturated heterocycles. The number of rotatable bonds is 3. The molecule has 1 aliphatic heterocycles. The number of carbonyl (C=O) groups excluding carboxylic acids is 2. The first-order chi connectivity index (χ1) is 12.9. The monoisotopic (exact) mass is 430 g/mol. The minimum Gasteiger partial charge on any atom is -0.328 e. The molecule has 27 heavy (non-hydrogen) atoms. The first kappa shape index (κ1) is 16.8. The lowest BCUT2D eigenvalue weighted by molar-refractivity contribution is -0.117. The van der Waals surface area contributed by atoms with Gasteiger partial charge in [-0.15, -0.1) is 0 Å². The summed E-state index contributed by atoms with van der Waals surface area (Å²) in [7, 11) is 0. The van der Waals surface area contributed by atoms with Crippen molar-refractivity contribution < 1.29 is 14.0 Å². The zero-order chi connectivity index (χ0) is 18.8. The van der Waals surface area contributed by atoms with Crippen molar-refractivity contribution in [3.63, 3.8) is 0 Å². The number of hydrogen-bond donors (Lipinski definition) is 1. The van der Waals surface area contributed by atoms with Crippen LogP contribution in [0.15, 0.2) is 35.1 Å². The molecule has 6 nitrogen and oxygen atoms in total. The maximum absolute atomic E-state index is 13.0. The molecule has 2 aliphatic carbocycles. The number of amides is 2. The smallest absolute Gasteiger partial charge is 0.254 e. The Bertz CT molecular complexity index is 976. The fourth-order valence-corrected chi connectivity index (χ4v) is 4.90. The second-order valence-electron chi connectivity index (χ2n) is 7.66. The Morgan fingerprint density at radius 2 is 2.04 bits per heavy atom. The quantitative estimate of drug-likeness (QED) is 0.811. The molecule has 2 heterocycles. The summed E-state index contributed by atoms with van der Waals surface area (Å²) in [6.07, 6.45) is 5.39. The van der Waals surface area contributed by atoms with Gasteiger partial charge in [-0.2, -0.15) is 0 Å². The van der Waals surface area contributed by atoms with Gasteiger partial charge in [-0.25, -0.2) is 14.4 Å². The second-order valence-corrected chi connectivity index (χ2v) is 8.58. The van der Waals surface area contributed by atoms with Gasteiger partial charge < -0.3 is 4.90 Å². The fourth-order valence-electron chi connectivity index (χ4n) is 4.54. The fraction of sp³-hybridized carbons (Fsp3) is 0.368. The van der Waals surface area contributed by atoms with Gasteiger partial charge in [-0.05, 0) is 48.4 Å². The number of anilines is 1. The zero-order valence-electron chi connectivity index (χ0n) is 14.3. The van der Waals surface area contributed by atoms with E-state index in [-0.39, 0.29) is 23.8 Å². The molecule has 1 atom stereocenters. The maximum Gasteiger partial charge on any atom is 0.254 e. The lowest BCUT2D eigenvalue weighted by atomic mass is 9.84. The Morgan fingerprint density at radius 3 is 2.70 bits per heavy atom. The van der Waals surface area contributed by atoms with Crippen LogP contribution in [0.5, 0.6) is 0 Å². The molecule has 2 amide bonds. The van der Waals surface area contributed by atoms with E-state index >= 15 is 0 Å². The first-order valence-corrected chi connectivity index (χ1v) is 9.59. The molecule has 0 radical (unpaired) electrons. The van der Waals surface area contributed by atoms with E-state index in [1.807, 2.05) is 12.1 Å². The molecule has 1 N–H and O–H groups in total. The normalized spacial score (nSPS) is 24.1. The minimum absolute atomic E-state index is 0.0231. The van der Waals surface area contributed by atoms with E-state index in [2.05, 4.69) is 37.3 Å². The average molecular weight is 431 g/mol. The molecular weight excluding hydrogens is 415 g/mol. The van der Waals surface area contributed by atoms with Gasteiger partial charge in [0.25, 0.3) is 5.91 Å². The molecule has 138 valence electrons. The number of halogens is 2. The Kier molecular flexibility index (Phi) is 3.47. The van der Waals surface area contributed by atoms with Crippen LogP contribution in [0.3, 0.4) is 0 Å². The van der Waals surface area contributed by atoms with E-state index in [4.69, 9.17) is 0 Å². The van der Waals surface area contributed by atoms with Gasteiger partial charge in [0.1, 0.15) is 6.54 Å². The number of hydrogen-bond acceptors (Lipinski definition) is 4. The van der Waals surface area contributed by atoms with E-state index in [9.17, 15) is 14.0 Å². The zero-order valence-corrected chi connectivity index (χ0v) is 15.9. The highest BCUT2D eigenvalue weighted by Crippen LogP contribution is 2.79. The van der Waals surface area contributed by atoms with E-state index in [1.165, 1.54) is 12.8 Å². The number of fused-ring (bicyclic) bond motifs is 3. The number of carbonyl (C=O) groups is 2. The minimum atomic E-state index is -0.576. The van der Waals surface area contributed by atoms with Crippen LogP contribution in [0, 0.1) is 11.2 Å². The van der Waals surface area contributed by atoms with Gasteiger partial charge in [0.05, 0.1) is 12.4 Å². The number of nitrogens with one attached hydrogen (secondary N) is 1. The summed E-state index contributed by atoms with van der Waals surface area (Å²) >= 11 is 3.52. The molecule has 1 aromatic carbocycles. The van der Waals surface area contributed by atoms with E-state index in [0.29, 0.717) is 17.5 Å². The third-order valence-electron chi connectivity index (χ3n) is 6.07. The third-order valence-corrected chi connectivity index (χ3v) is 6.56. The van der Waals surface area contributed by atoms with Crippen LogP contribution in [0.1, 0.15) is 35.2 Å². The van der Waals surface area contributed by atoms with Crippen LogP contribution in [0.25, 0.3) is 0 Å². The standard InChI is InChI=1S/C19H16BrFN4O2/c20-11-1-2-13-14(5-11)19(9-18(19)3-4-18)10-25(16(13)27)8-15(26)24-17-22-6-12(21)7-23-17/h1-2,5-7H,3-4,8-10H2,(H,22,23,24,26)/t19-/m1/s1. The van der Waals surface area contributed by atoms with Crippen molar-refractivity contribution in [2.45, 2.75) is 24.7 Å². The Morgan fingerprint density at radius 1 is 1.30 bits per heavy atom. The van der Waals surface area contributed by atoms with Gasteiger partial charge in [0, 0.05) is 22.0 Å². The molecule has 1 aromatic heterocycles. The van der Waals surface area contributed by atoms with Gasteiger partial charge in [0.2, 0.25) is 11.9 Å². The van der Waals surface area contributed by atoms with Crippen LogP contribution in [-0.4, -0.2) is 39.8 Å². The first-order valence-electron chi connectivity index (χ1n) is 8.79. The van der Waals surface area contributed by atoms with Crippen molar-refractivity contribution in [2.75, 3.05) is 18.4 Å². The van der Waals surface area contributed by atoms with Crippen LogP contribution in [0.2, 0.25) is 0 Å². The van der Waals surface area contributed by atoms with E-state index in [0.717, 1.165) is 28.9 Å². The van der Waals surface area contributed by atoms with Crippen molar-refractivity contribution in [2.24, 2.45) is 5.41 Å². The molecule has 2 saturated carbocycles. The summed E-state index contributed by atoms with van der Waals surface area (Å²) in [5.41, 5.74) is 2.06. The topological polar surface area (TPSA) is 75.2 Å². The second kappa shape index (κ2) is 5.58. The lowest BCUT2D eigenvalue weighted by Gasteiger charge is -2.35. The number of nitrogens with zero attached hydrogens (tertiary/aromatic N) is 3. The SMILES string of the molecule is O=C(CN1C[C@]2(CC23CC3)c2cc(Br)ccc2C1=O)Nc1ncc(F)cn1. The summed E-state index contributed by atoms with van der Waals surface area (Å²) in [6.45, 7) is 0.472. The highest BCUT2D eigenvalue weighted by atomic mass is 79.9. The average Bonchev–Trinajstić information content (AvgIpc) is 3.54. The molecule has 0 bridgehead atoms. The highest BCUT2D eigenvalue weighted by molar-refractivity contribution is 9.10. The van der Waals surface area contributed by atoms with Crippen molar-refractivity contribution in [1.29, 1.82) is 0 Å². The van der Waals surface area contributed by atoms with Crippen molar-refractivity contribution in [3.05, 3.63) is 52.0 Å². The van der Waals surface area contributed by atoms with Gasteiger partial charge in [-0.3, -0.25) is 14.9 Å². The molecule has 2 fully saturated rings. The van der Waals surface area contributed by atoms with Gasteiger partial charge in [-0.1, -0.05) is 15.9 Å². The summed E-state index contributed by atoms with van der Waals surface area (Å²) in [4.78, 5) is 34.4. The third kappa shape index (κ3) is 2.57. The van der Waals surface area contributed by atoms with Crippen LogP contribution in [-0.2, 0) is 10.2 Å². The maximum atomic E-state index is 13.0. The molecule has 0 unspecified atom stereocenters. The molecule has 5 rings (SSSR count). The predicted molar refractivity (Wildman–Crippen MR) is 98.6 cm³/mol. The van der Waals surface area contributed by atoms with E-state index < -0.39 is 11.7 Å². The predicted octanol–water partition coefficient (Wildman–Crippen LogP) is 2.89. The summed E-state index contributed by atoms with van der Waals surface area (Å²) in [5.74, 6) is -1.08. The number of aromatic nitrogens is 2. The summed E-state index contributed by atoms with van der Waals surface area (Å²) in [5, 5.41) is 2.52. The lowest BCUT2D eigenvalue weighted by Crippen LogP contribution is -2.47.